The molecular formula is C10H12S. The van der Waals surface area contributed by atoms with Crippen LogP contribution in [0.3, 0.4) is 0 Å². The zero-order valence-electron chi connectivity index (χ0n) is 6.66. The van der Waals surface area contributed by atoms with Crippen LogP contribution in [0.15, 0.2) is 41.8 Å². The van der Waals surface area contributed by atoms with Gasteiger partial charge in [-0.1, -0.05) is 36.4 Å². The van der Waals surface area contributed by atoms with Crippen molar-refractivity contribution in [3.05, 3.63) is 47.4 Å². The van der Waals surface area contributed by atoms with E-state index in [0.29, 0.717) is 0 Å². The first-order valence-corrected chi connectivity index (χ1v) is 4.75. The number of hydrogen-bond acceptors (Lipinski definition) is 1. The van der Waals surface area contributed by atoms with E-state index in [1.54, 1.807) is 0 Å². The highest BCUT2D eigenvalue weighted by molar-refractivity contribution is 8.01. The molecule has 58 valence electrons. The number of benzene rings is 1. The summed E-state index contributed by atoms with van der Waals surface area (Å²) in [6.45, 7) is 2.04. The summed E-state index contributed by atoms with van der Waals surface area (Å²) in [5.41, 5.74) is 1.38. The fourth-order valence-corrected chi connectivity index (χ4v) is 1.49. The predicted octanol–water partition coefficient (Wildman–Crippen LogP) is 3.45. The van der Waals surface area contributed by atoms with Crippen molar-refractivity contribution in [1.29, 1.82) is 0 Å². The first kappa shape index (κ1) is 8.41. The Labute approximate surface area is 72.3 Å². The molecule has 0 aliphatic rings. The smallest absolute Gasteiger partial charge is 0.0225 e. The summed E-state index contributed by atoms with van der Waals surface area (Å²) in [6.07, 6.45) is 2.06. The zero-order valence-corrected chi connectivity index (χ0v) is 7.47. The molecular weight excluding hydrogens is 152 g/mol. The van der Waals surface area contributed by atoms with Gasteiger partial charge in [0.25, 0.3) is 0 Å². The van der Waals surface area contributed by atoms with E-state index in [4.69, 9.17) is 0 Å². The number of allylic oxidation sites excluding steroid dienone is 1. The summed E-state index contributed by atoms with van der Waals surface area (Å²) < 4.78 is 0. The highest BCUT2D eigenvalue weighted by atomic mass is 32.2. The highest BCUT2D eigenvalue weighted by Gasteiger charge is 1.86. The molecule has 0 unspecified atom stereocenters. The second-order valence-corrected chi connectivity index (χ2v) is 3.16. The molecule has 1 aromatic carbocycles. The summed E-state index contributed by atoms with van der Waals surface area (Å²) in [5.74, 6) is 1.07. The lowest BCUT2D eigenvalue weighted by molar-refractivity contribution is 1.42. The van der Waals surface area contributed by atoms with Crippen molar-refractivity contribution in [3.63, 3.8) is 0 Å². The molecule has 0 atom stereocenters. The summed E-state index contributed by atoms with van der Waals surface area (Å²) in [4.78, 5) is 0. The van der Waals surface area contributed by atoms with Crippen LogP contribution in [0.1, 0.15) is 12.5 Å². The molecule has 11 heavy (non-hydrogen) atoms. The van der Waals surface area contributed by atoms with Gasteiger partial charge in [-0.25, -0.2) is 0 Å². The molecule has 0 heterocycles. The Balaban J connectivity index is 2.39. The van der Waals surface area contributed by atoms with Crippen LogP contribution in [0.2, 0.25) is 0 Å². The molecule has 0 nitrogen and oxygen atoms in total. The van der Waals surface area contributed by atoms with E-state index in [9.17, 15) is 0 Å². The third-order valence-corrected chi connectivity index (χ3v) is 2.29. The van der Waals surface area contributed by atoms with Gasteiger partial charge < -0.3 is 0 Å². The summed E-state index contributed by atoms with van der Waals surface area (Å²) >= 11 is 1.83. The Hall–Kier alpha value is -0.690. The van der Waals surface area contributed by atoms with Crippen LogP contribution < -0.4 is 0 Å². The SMILES string of the molecule is CC=CSCc1ccccc1. The van der Waals surface area contributed by atoms with Gasteiger partial charge in [0.15, 0.2) is 0 Å². The van der Waals surface area contributed by atoms with Gasteiger partial charge in [0.1, 0.15) is 0 Å². The van der Waals surface area contributed by atoms with Gasteiger partial charge in [-0.15, -0.1) is 11.8 Å². The van der Waals surface area contributed by atoms with Crippen LogP contribution in [0.4, 0.5) is 0 Å². The molecule has 0 saturated heterocycles. The average molecular weight is 164 g/mol. The van der Waals surface area contributed by atoms with Crippen molar-refractivity contribution in [2.75, 3.05) is 0 Å². The lowest BCUT2D eigenvalue weighted by Crippen LogP contribution is -1.74. The van der Waals surface area contributed by atoms with Crippen molar-refractivity contribution in [3.8, 4) is 0 Å². The van der Waals surface area contributed by atoms with Crippen molar-refractivity contribution >= 4 is 11.8 Å². The quantitative estimate of drug-likeness (QED) is 0.659. The minimum Gasteiger partial charge on any atom is -0.130 e. The molecule has 0 saturated carbocycles. The monoisotopic (exact) mass is 164 g/mol. The van der Waals surface area contributed by atoms with Gasteiger partial charge in [0, 0.05) is 5.75 Å². The van der Waals surface area contributed by atoms with Crippen LogP contribution in [-0.2, 0) is 5.75 Å². The van der Waals surface area contributed by atoms with Gasteiger partial charge in [-0.2, -0.15) is 0 Å². The minimum atomic E-state index is 1.07. The van der Waals surface area contributed by atoms with Gasteiger partial charge in [-0.05, 0) is 17.9 Å². The highest BCUT2D eigenvalue weighted by Crippen LogP contribution is 2.11. The first-order valence-electron chi connectivity index (χ1n) is 3.70. The topological polar surface area (TPSA) is 0 Å². The fourth-order valence-electron chi connectivity index (χ4n) is 0.815. The predicted molar refractivity (Wildman–Crippen MR) is 52.6 cm³/mol. The van der Waals surface area contributed by atoms with Gasteiger partial charge >= 0.3 is 0 Å². The van der Waals surface area contributed by atoms with Crippen LogP contribution in [0.25, 0.3) is 0 Å². The van der Waals surface area contributed by atoms with E-state index in [2.05, 4.69) is 35.7 Å². The van der Waals surface area contributed by atoms with Crippen LogP contribution in [-0.4, -0.2) is 0 Å². The Kier molecular flexibility index (Phi) is 3.84. The van der Waals surface area contributed by atoms with E-state index in [0.717, 1.165) is 5.75 Å². The molecule has 1 rings (SSSR count). The molecule has 1 heteroatoms. The Morgan fingerprint density at radius 3 is 2.64 bits per heavy atom. The molecule has 0 amide bonds. The van der Waals surface area contributed by atoms with Crippen molar-refractivity contribution < 1.29 is 0 Å². The molecule has 1 aromatic rings. The maximum Gasteiger partial charge on any atom is 0.0225 e. The minimum absolute atomic E-state index is 1.07. The lowest BCUT2D eigenvalue weighted by atomic mass is 10.2. The van der Waals surface area contributed by atoms with E-state index in [1.165, 1.54) is 5.56 Å². The normalized spacial score (nSPS) is 10.6. The van der Waals surface area contributed by atoms with Gasteiger partial charge in [0.05, 0.1) is 0 Å². The van der Waals surface area contributed by atoms with Crippen LogP contribution >= 0.6 is 11.8 Å². The standard InChI is InChI=1S/C10H12S/c1-2-8-11-9-10-6-4-3-5-7-10/h2-8H,9H2,1H3. The van der Waals surface area contributed by atoms with Crippen molar-refractivity contribution in [1.82, 2.24) is 0 Å². The molecule has 0 fully saturated rings. The molecule has 0 aromatic heterocycles. The molecule has 0 aliphatic heterocycles. The second-order valence-electron chi connectivity index (χ2n) is 2.27. The first-order chi connectivity index (χ1) is 5.43. The molecule has 0 aliphatic carbocycles. The maximum atomic E-state index is 2.15. The molecule has 0 N–H and O–H groups in total. The molecule has 0 radical (unpaired) electrons. The zero-order chi connectivity index (χ0) is 7.94. The van der Waals surface area contributed by atoms with Gasteiger partial charge in [-0.3, -0.25) is 0 Å². The average Bonchev–Trinajstić information content (AvgIpc) is 2.07. The lowest BCUT2D eigenvalue weighted by Gasteiger charge is -1.95. The second kappa shape index (κ2) is 5.03. The largest absolute Gasteiger partial charge is 0.130 e. The Bertz CT molecular complexity index is 214. The number of hydrogen-bond donors (Lipinski definition) is 0. The number of rotatable bonds is 3. The maximum absolute atomic E-state index is 2.15. The molecule has 0 bridgehead atoms. The van der Waals surface area contributed by atoms with Gasteiger partial charge in [0.2, 0.25) is 0 Å². The van der Waals surface area contributed by atoms with Crippen LogP contribution in [0.5, 0.6) is 0 Å². The van der Waals surface area contributed by atoms with E-state index in [-0.39, 0.29) is 0 Å². The van der Waals surface area contributed by atoms with E-state index >= 15 is 0 Å². The van der Waals surface area contributed by atoms with Crippen molar-refractivity contribution in [2.45, 2.75) is 12.7 Å². The van der Waals surface area contributed by atoms with E-state index < -0.39 is 0 Å². The third kappa shape index (κ3) is 3.28. The fraction of sp³-hybridized carbons (Fsp3) is 0.200. The Morgan fingerprint density at radius 1 is 1.27 bits per heavy atom. The summed E-state index contributed by atoms with van der Waals surface area (Å²) in [6, 6.07) is 10.5. The van der Waals surface area contributed by atoms with Crippen LogP contribution in [0, 0.1) is 0 Å². The summed E-state index contributed by atoms with van der Waals surface area (Å²) in [7, 11) is 0. The third-order valence-electron chi connectivity index (χ3n) is 1.33. The number of thioether (sulfide) groups is 1. The molecule has 0 spiro atoms. The summed E-state index contributed by atoms with van der Waals surface area (Å²) in [5, 5.41) is 2.12. The van der Waals surface area contributed by atoms with E-state index in [1.807, 2.05) is 24.8 Å². The Morgan fingerprint density at radius 2 is 2.00 bits per heavy atom. The van der Waals surface area contributed by atoms with Crippen molar-refractivity contribution in [2.24, 2.45) is 0 Å².